The van der Waals surface area contributed by atoms with Crippen LogP contribution in [0.1, 0.15) is 32.6 Å². The second-order valence-corrected chi connectivity index (χ2v) is 3.69. The van der Waals surface area contributed by atoms with Crippen molar-refractivity contribution in [2.75, 3.05) is 17.3 Å². The normalized spacial score (nSPS) is 8.73. The summed E-state index contributed by atoms with van der Waals surface area (Å²) < 4.78 is 0. The third-order valence-electron chi connectivity index (χ3n) is 1.02. The summed E-state index contributed by atoms with van der Waals surface area (Å²) in [5.41, 5.74) is 0. The van der Waals surface area contributed by atoms with Crippen LogP contribution < -0.4 is 0 Å². The van der Waals surface area contributed by atoms with Gasteiger partial charge >= 0.3 is 0 Å². The molecule has 3 heteroatoms. The van der Waals surface area contributed by atoms with Crippen LogP contribution in [0.15, 0.2) is 0 Å². The van der Waals surface area contributed by atoms with E-state index in [1.54, 1.807) is 6.92 Å². The van der Waals surface area contributed by atoms with Gasteiger partial charge in [0.25, 0.3) is 0 Å². The summed E-state index contributed by atoms with van der Waals surface area (Å²) in [6, 6.07) is 0. The molecule has 0 aromatic heterocycles. The van der Waals surface area contributed by atoms with Crippen molar-refractivity contribution in [3.63, 3.8) is 0 Å². The van der Waals surface area contributed by atoms with Crippen molar-refractivity contribution in [2.24, 2.45) is 0 Å². The van der Waals surface area contributed by atoms with Crippen molar-refractivity contribution in [1.82, 2.24) is 0 Å². The predicted molar refractivity (Wildman–Crippen MR) is 58.8 cm³/mol. The van der Waals surface area contributed by atoms with Crippen LogP contribution in [0, 0.1) is 0 Å². The summed E-state index contributed by atoms with van der Waals surface area (Å²) in [6.45, 7) is 1.93. The number of alkyl halides is 2. The average molecular weight is 290 g/mol. The Balaban J connectivity index is 0. The van der Waals surface area contributed by atoms with Gasteiger partial charge in [-0.3, -0.25) is 0 Å². The van der Waals surface area contributed by atoms with E-state index in [1.165, 1.54) is 25.7 Å². The molecule has 0 aliphatic rings. The summed E-state index contributed by atoms with van der Waals surface area (Å²) in [5, 5.41) is 9.89. The summed E-state index contributed by atoms with van der Waals surface area (Å²) in [6.07, 6.45) is 5.40. The fraction of sp³-hybridized carbons (Fsp3) is 1.00. The van der Waals surface area contributed by atoms with Gasteiger partial charge in [0.15, 0.2) is 0 Å². The topological polar surface area (TPSA) is 20.2 Å². The molecule has 0 aliphatic heterocycles. The summed E-state index contributed by atoms with van der Waals surface area (Å²) >= 11 is 6.78. The molecule has 1 nitrogen and oxygen atoms in total. The third-order valence-corrected chi connectivity index (χ3v) is 2.14. The molecule has 0 amide bonds. The quantitative estimate of drug-likeness (QED) is 0.608. The van der Waals surface area contributed by atoms with Crippen LogP contribution in [0.2, 0.25) is 0 Å². The molecule has 0 fully saturated rings. The highest BCUT2D eigenvalue weighted by molar-refractivity contribution is 9.09. The second kappa shape index (κ2) is 17.1. The zero-order chi connectivity index (χ0) is 8.95. The molecule has 0 bridgehead atoms. The molecule has 0 unspecified atom stereocenters. The van der Waals surface area contributed by atoms with Crippen molar-refractivity contribution >= 4 is 31.9 Å². The van der Waals surface area contributed by atoms with Gasteiger partial charge in [-0.1, -0.05) is 44.7 Å². The van der Waals surface area contributed by atoms with E-state index >= 15 is 0 Å². The SMILES string of the molecule is BrCCCCCCBr.CCO. The van der Waals surface area contributed by atoms with Crippen molar-refractivity contribution in [2.45, 2.75) is 32.6 Å². The lowest BCUT2D eigenvalue weighted by atomic mass is 10.2. The van der Waals surface area contributed by atoms with E-state index in [1.807, 2.05) is 0 Å². The smallest absolute Gasteiger partial charge is 0.0402 e. The van der Waals surface area contributed by atoms with Crippen LogP contribution in [0.25, 0.3) is 0 Å². The molecule has 0 saturated carbocycles. The Morgan fingerprint density at radius 2 is 1.18 bits per heavy atom. The molecule has 0 atom stereocenters. The highest BCUT2D eigenvalue weighted by Crippen LogP contribution is 2.02. The molecular formula is C8H18Br2O. The lowest BCUT2D eigenvalue weighted by molar-refractivity contribution is 0.318. The molecule has 0 heterocycles. The van der Waals surface area contributed by atoms with Crippen molar-refractivity contribution < 1.29 is 5.11 Å². The fourth-order valence-corrected chi connectivity index (χ4v) is 1.34. The van der Waals surface area contributed by atoms with Gasteiger partial charge in [0.05, 0.1) is 0 Å². The Labute approximate surface area is 86.8 Å². The summed E-state index contributed by atoms with van der Waals surface area (Å²) in [4.78, 5) is 0. The standard InChI is InChI=1S/C6H12Br2.C2H6O/c7-5-3-1-2-4-6-8;1-2-3/h1-6H2;3H,2H2,1H3. The van der Waals surface area contributed by atoms with Crippen LogP contribution in [0.5, 0.6) is 0 Å². The van der Waals surface area contributed by atoms with E-state index in [4.69, 9.17) is 5.11 Å². The highest BCUT2D eigenvalue weighted by Gasteiger charge is 1.84. The molecule has 0 radical (unpaired) electrons. The zero-order valence-corrected chi connectivity index (χ0v) is 10.3. The van der Waals surface area contributed by atoms with Gasteiger partial charge in [0.2, 0.25) is 0 Å². The predicted octanol–water partition coefficient (Wildman–Crippen LogP) is 3.34. The Kier molecular flexibility index (Phi) is 22.5. The maximum atomic E-state index is 7.57. The van der Waals surface area contributed by atoms with Crippen LogP contribution >= 0.6 is 31.9 Å². The van der Waals surface area contributed by atoms with Crippen molar-refractivity contribution in [3.05, 3.63) is 0 Å². The Morgan fingerprint density at radius 3 is 1.36 bits per heavy atom. The van der Waals surface area contributed by atoms with E-state index in [0.717, 1.165) is 10.7 Å². The van der Waals surface area contributed by atoms with Gasteiger partial charge in [0, 0.05) is 17.3 Å². The molecule has 11 heavy (non-hydrogen) atoms. The number of halogens is 2. The van der Waals surface area contributed by atoms with Crippen LogP contribution in [-0.2, 0) is 0 Å². The fourth-order valence-electron chi connectivity index (χ4n) is 0.543. The zero-order valence-electron chi connectivity index (χ0n) is 7.15. The highest BCUT2D eigenvalue weighted by atomic mass is 79.9. The van der Waals surface area contributed by atoms with Gasteiger partial charge in [0.1, 0.15) is 0 Å². The molecule has 0 spiro atoms. The molecular weight excluding hydrogens is 272 g/mol. The maximum absolute atomic E-state index is 7.57. The van der Waals surface area contributed by atoms with E-state index in [-0.39, 0.29) is 6.61 Å². The van der Waals surface area contributed by atoms with Crippen molar-refractivity contribution in [1.29, 1.82) is 0 Å². The number of rotatable bonds is 5. The van der Waals surface area contributed by atoms with Crippen molar-refractivity contribution in [3.8, 4) is 0 Å². The van der Waals surface area contributed by atoms with E-state index in [0.29, 0.717) is 0 Å². The first-order valence-electron chi connectivity index (χ1n) is 4.06. The van der Waals surface area contributed by atoms with E-state index in [9.17, 15) is 0 Å². The molecule has 70 valence electrons. The van der Waals surface area contributed by atoms with Gasteiger partial charge in [-0.05, 0) is 19.8 Å². The Morgan fingerprint density at radius 1 is 0.909 bits per heavy atom. The molecule has 0 aromatic carbocycles. The van der Waals surface area contributed by atoms with E-state index < -0.39 is 0 Å². The maximum Gasteiger partial charge on any atom is 0.0402 e. The largest absolute Gasteiger partial charge is 0.397 e. The van der Waals surface area contributed by atoms with Gasteiger partial charge in [-0.25, -0.2) is 0 Å². The Hall–Kier alpha value is 0.920. The number of aliphatic hydroxyl groups is 1. The first kappa shape index (κ1) is 14.4. The lowest BCUT2D eigenvalue weighted by Crippen LogP contribution is -1.78. The van der Waals surface area contributed by atoms with Gasteiger partial charge in [-0.15, -0.1) is 0 Å². The summed E-state index contributed by atoms with van der Waals surface area (Å²) in [5.74, 6) is 0. The number of hydrogen-bond acceptors (Lipinski definition) is 1. The average Bonchev–Trinajstić information content (AvgIpc) is 2.00. The Bertz CT molecular complexity index is 45.4. The molecule has 0 saturated heterocycles. The van der Waals surface area contributed by atoms with Gasteiger partial charge < -0.3 is 5.11 Å². The second-order valence-electron chi connectivity index (χ2n) is 2.11. The summed E-state index contributed by atoms with van der Waals surface area (Å²) in [7, 11) is 0. The number of aliphatic hydroxyl groups excluding tert-OH is 1. The van der Waals surface area contributed by atoms with Crippen LogP contribution in [0.3, 0.4) is 0 Å². The first-order chi connectivity index (χ1) is 5.33. The molecule has 0 aromatic rings. The minimum Gasteiger partial charge on any atom is -0.397 e. The lowest BCUT2D eigenvalue weighted by Gasteiger charge is -1.92. The minimum absolute atomic E-state index is 0.250. The van der Waals surface area contributed by atoms with Crippen LogP contribution in [-0.4, -0.2) is 22.4 Å². The first-order valence-corrected chi connectivity index (χ1v) is 6.30. The third kappa shape index (κ3) is 24.8. The number of unbranched alkanes of at least 4 members (excludes halogenated alkanes) is 3. The van der Waals surface area contributed by atoms with Gasteiger partial charge in [-0.2, -0.15) is 0 Å². The van der Waals surface area contributed by atoms with E-state index in [2.05, 4.69) is 31.9 Å². The number of hydrogen-bond donors (Lipinski definition) is 1. The monoisotopic (exact) mass is 288 g/mol. The molecule has 0 aliphatic carbocycles. The van der Waals surface area contributed by atoms with Crippen LogP contribution in [0.4, 0.5) is 0 Å². The molecule has 1 N–H and O–H groups in total. The molecule has 0 rings (SSSR count). The minimum atomic E-state index is 0.250.